The number of fused-ring (bicyclic) bond motifs is 1. The Morgan fingerprint density at radius 3 is 2.49 bits per heavy atom. The molecule has 0 unspecified atom stereocenters. The van der Waals surface area contributed by atoms with E-state index in [4.69, 9.17) is 5.73 Å². The number of aromatic nitrogens is 5. The Kier molecular flexibility index (Phi) is 4.96. The second kappa shape index (κ2) is 8.42. The molecule has 35 heavy (non-hydrogen) atoms. The van der Waals surface area contributed by atoms with Gasteiger partial charge in [0.15, 0.2) is 5.82 Å². The predicted molar refractivity (Wildman–Crippen MR) is 136 cm³/mol. The highest BCUT2D eigenvalue weighted by atomic mass is 19.1. The van der Waals surface area contributed by atoms with Crippen LogP contribution in [0.5, 0.6) is 0 Å². The number of halogens is 1. The number of nitrogens with zero attached hydrogens (tertiary/aromatic N) is 5. The maximum absolute atomic E-state index is 14.0. The fourth-order valence-corrected chi connectivity index (χ4v) is 4.05. The molecule has 0 radical (unpaired) electrons. The molecule has 4 aromatic carbocycles. The van der Waals surface area contributed by atoms with Crippen LogP contribution in [0, 0.1) is 5.82 Å². The van der Waals surface area contributed by atoms with Crippen LogP contribution in [0.1, 0.15) is 0 Å². The lowest BCUT2D eigenvalue weighted by atomic mass is 10.1. The topological polar surface area (TPSA) is 86.6 Å². The minimum atomic E-state index is -0.299. The standard InChI is InChI=1S/C27H20FN7/c28-24-6-1-2-7-25(24)33-21-10-13-26-19(14-21)16-31-34(26)23-5-3-4-18(15-23)27-30-17-32-35(27)22-11-8-20(29)9-12-22/h1-17,33H,29H2. The Labute approximate surface area is 200 Å². The summed E-state index contributed by atoms with van der Waals surface area (Å²) in [4.78, 5) is 4.48. The van der Waals surface area contributed by atoms with Gasteiger partial charge in [-0.1, -0.05) is 24.3 Å². The van der Waals surface area contributed by atoms with Gasteiger partial charge in [0.1, 0.15) is 12.1 Å². The molecular formula is C27H20FN7. The van der Waals surface area contributed by atoms with E-state index in [0.29, 0.717) is 17.2 Å². The second-order valence-electron chi connectivity index (χ2n) is 8.07. The van der Waals surface area contributed by atoms with Crippen LogP contribution in [-0.4, -0.2) is 24.5 Å². The molecule has 0 fully saturated rings. The quantitative estimate of drug-likeness (QED) is 0.320. The van der Waals surface area contributed by atoms with Gasteiger partial charge >= 0.3 is 0 Å². The average molecular weight is 462 g/mol. The van der Waals surface area contributed by atoms with Crippen molar-refractivity contribution in [3.63, 3.8) is 0 Å². The molecule has 8 heteroatoms. The SMILES string of the molecule is Nc1ccc(-n2ncnc2-c2cccc(-n3ncc4cc(Nc5ccccc5F)ccc43)c2)cc1. The first-order chi connectivity index (χ1) is 17.2. The van der Waals surface area contributed by atoms with E-state index < -0.39 is 0 Å². The lowest BCUT2D eigenvalue weighted by Gasteiger charge is -2.10. The number of rotatable bonds is 5. The van der Waals surface area contributed by atoms with Crippen LogP contribution >= 0.6 is 0 Å². The lowest BCUT2D eigenvalue weighted by molar-refractivity contribution is 0.632. The third kappa shape index (κ3) is 3.87. The van der Waals surface area contributed by atoms with Gasteiger partial charge in [0, 0.05) is 22.3 Å². The molecule has 0 saturated carbocycles. The zero-order valence-electron chi connectivity index (χ0n) is 18.5. The van der Waals surface area contributed by atoms with Crippen molar-refractivity contribution in [3.05, 3.63) is 109 Å². The van der Waals surface area contributed by atoms with E-state index in [1.54, 1.807) is 29.1 Å². The average Bonchev–Trinajstić information content (AvgIpc) is 3.53. The summed E-state index contributed by atoms with van der Waals surface area (Å²) in [6, 6.07) is 27.9. The molecule has 0 aliphatic carbocycles. The van der Waals surface area contributed by atoms with Crippen LogP contribution in [0.15, 0.2) is 104 Å². The number of hydrogen-bond donors (Lipinski definition) is 2. The van der Waals surface area contributed by atoms with Gasteiger partial charge < -0.3 is 11.1 Å². The molecule has 0 aliphatic rings. The predicted octanol–water partition coefficient (Wildman–Crippen LogP) is 5.74. The summed E-state index contributed by atoms with van der Waals surface area (Å²) in [7, 11) is 0. The highest BCUT2D eigenvalue weighted by Crippen LogP contribution is 2.27. The Bertz CT molecular complexity index is 1650. The zero-order chi connectivity index (χ0) is 23.8. The highest BCUT2D eigenvalue weighted by Gasteiger charge is 2.12. The molecule has 0 aliphatic heterocycles. The second-order valence-corrected chi connectivity index (χ2v) is 8.07. The minimum Gasteiger partial charge on any atom is -0.399 e. The largest absolute Gasteiger partial charge is 0.399 e. The number of benzene rings is 4. The Balaban J connectivity index is 1.34. The maximum atomic E-state index is 14.0. The Hall–Kier alpha value is -4.98. The molecule has 0 atom stereocenters. The van der Waals surface area contributed by atoms with Crippen LogP contribution in [0.4, 0.5) is 21.5 Å². The number of nitrogens with one attached hydrogen (secondary N) is 1. The summed E-state index contributed by atoms with van der Waals surface area (Å²) in [6.07, 6.45) is 3.33. The number of hydrogen-bond acceptors (Lipinski definition) is 5. The molecule has 170 valence electrons. The van der Waals surface area contributed by atoms with Crippen molar-refractivity contribution in [2.45, 2.75) is 0 Å². The molecule has 2 aromatic heterocycles. The Morgan fingerprint density at radius 2 is 1.63 bits per heavy atom. The van der Waals surface area contributed by atoms with E-state index >= 15 is 0 Å². The number of para-hydroxylation sites is 1. The van der Waals surface area contributed by atoms with Gasteiger partial charge in [-0.25, -0.2) is 18.7 Å². The van der Waals surface area contributed by atoms with Crippen molar-refractivity contribution in [2.75, 3.05) is 11.1 Å². The van der Waals surface area contributed by atoms with Crippen molar-refractivity contribution in [1.82, 2.24) is 24.5 Å². The van der Waals surface area contributed by atoms with Gasteiger partial charge in [0.2, 0.25) is 0 Å². The molecule has 0 saturated heterocycles. The van der Waals surface area contributed by atoms with Crippen LogP contribution in [-0.2, 0) is 0 Å². The highest BCUT2D eigenvalue weighted by molar-refractivity contribution is 5.85. The van der Waals surface area contributed by atoms with Crippen LogP contribution in [0.3, 0.4) is 0 Å². The maximum Gasteiger partial charge on any atom is 0.163 e. The fourth-order valence-electron chi connectivity index (χ4n) is 4.05. The molecule has 0 bridgehead atoms. The van der Waals surface area contributed by atoms with Gasteiger partial charge in [-0.05, 0) is 66.7 Å². The molecule has 7 nitrogen and oxygen atoms in total. The minimum absolute atomic E-state index is 0.299. The molecule has 2 heterocycles. The molecule has 3 N–H and O–H groups in total. The van der Waals surface area contributed by atoms with Crippen LogP contribution in [0.25, 0.3) is 33.7 Å². The van der Waals surface area contributed by atoms with E-state index in [-0.39, 0.29) is 5.82 Å². The smallest absolute Gasteiger partial charge is 0.163 e. The van der Waals surface area contributed by atoms with E-state index in [0.717, 1.165) is 33.5 Å². The van der Waals surface area contributed by atoms with Gasteiger partial charge in [0.25, 0.3) is 0 Å². The van der Waals surface area contributed by atoms with Gasteiger partial charge in [-0.3, -0.25) is 0 Å². The van der Waals surface area contributed by atoms with Crippen molar-refractivity contribution < 1.29 is 4.39 Å². The van der Waals surface area contributed by atoms with Crippen LogP contribution in [0.2, 0.25) is 0 Å². The lowest BCUT2D eigenvalue weighted by Crippen LogP contribution is -2.01. The fraction of sp³-hybridized carbons (Fsp3) is 0. The normalized spacial score (nSPS) is 11.1. The summed E-state index contributed by atoms with van der Waals surface area (Å²) in [5, 5.41) is 13.1. The summed E-state index contributed by atoms with van der Waals surface area (Å²) >= 11 is 0. The zero-order valence-corrected chi connectivity index (χ0v) is 18.5. The summed E-state index contributed by atoms with van der Waals surface area (Å²) in [6.45, 7) is 0. The van der Waals surface area contributed by atoms with Gasteiger partial charge in [-0.2, -0.15) is 10.2 Å². The number of nitrogens with two attached hydrogens (primary N) is 1. The molecular weight excluding hydrogens is 441 g/mol. The molecule has 0 spiro atoms. The van der Waals surface area contributed by atoms with Crippen molar-refractivity contribution in [3.8, 4) is 22.8 Å². The Morgan fingerprint density at radius 1 is 0.771 bits per heavy atom. The third-order valence-corrected chi connectivity index (χ3v) is 5.76. The third-order valence-electron chi connectivity index (χ3n) is 5.76. The van der Waals surface area contributed by atoms with E-state index in [9.17, 15) is 4.39 Å². The van der Waals surface area contributed by atoms with Gasteiger partial charge in [-0.15, -0.1) is 0 Å². The first kappa shape index (κ1) is 20.6. The molecule has 6 aromatic rings. The van der Waals surface area contributed by atoms with Crippen molar-refractivity contribution in [2.24, 2.45) is 0 Å². The summed E-state index contributed by atoms with van der Waals surface area (Å²) in [5.74, 6) is 0.413. The first-order valence-corrected chi connectivity index (χ1v) is 11.0. The van der Waals surface area contributed by atoms with Crippen molar-refractivity contribution in [1.29, 1.82) is 0 Å². The van der Waals surface area contributed by atoms with Crippen LogP contribution < -0.4 is 11.1 Å². The first-order valence-electron chi connectivity index (χ1n) is 11.0. The summed E-state index contributed by atoms with van der Waals surface area (Å²) in [5.41, 5.74) is 11.3. The van der Waals surface area contributed by atoms with E-state index in [2.05, 4.69) is 20.5 Å². The van der Waals surface area contributed by atoms with E-state index in [1.807, 2.05) is 71.4 Å². The van der Waals surface area contributed by atoms with E-state index in [1.165, 1.54) is 12.4 Å². The molecule has 0 amide bonds. The monoisotopic (exact) mass is 461 g/mol. The molecule has 6 rings (SSSR count). The van der Waals surface area contributed by atoms with Gasteiger partial charge in [0.05, 0.1) is 28.8 Å². The van der Waals surface area contributed by atoms with Crippen molar-refractivity contribution >= 4 is 28.0 Å². The summed E-state index contributed by atoms with van der Waals surface area (Å²) < 4.78 is 17.7. The number of nitrogen functional groups attached to an aromatic ring is 1. The number of anilines is 3.